The number of ether oxygens (including phenoxy) is 2. The van der Waals surface area contributed by atoms with Crippen LogP contribution >= 0.6 is 0 Å². The second-order valence-corrected chi connectivity index (χ2v) is 6.01. The largest absolute Gasteiger partial charge is 0.492 e. The molecule has 0 saturated carbocycles. The van der Waals surface area contributed by atoms with E-state index in [-0.39, 0.29) is 6.61 Å². The van der Waals surface area contributed by atoms with Gasteiger partial charge in [-0.15, -0.1) is 0 Å². The van der Waals surface area contributed by atoms with Crippen molar-refractivity contribution in [2.45, 2.75) is 40.2 Å². The number of carbonyl (C=O) groups is 2. The molecule has 1 amide bonds. The number of carboxylic acids is 1. The molecule has 1 aromatic carbocycles. The quantitative estimate of drug-likeness (QED) is 0.817. The molecular weight excluding hydrogens is 286 g/mol. The summed E-state index contributed by atoms with van der Waals surface area (Å²) in [5, 5.41) is 11.7. The molecule has 2 N–H and O–H groups in total. The zero-order valence-corrected chi connectivity index (χ0v) is 13.6. The summed E-state index contributed by atoms with van der Waals surface area (Å²) in [6.07, 6.45) is -0.496. The molecule has 0 aromatic heterocycles. The smallest absolute Gasteiger partial charge is 0.407 e. The van der Waals surface area contributed by atoms with E-state index in [1.807, 2.05) is 0 Å². The van der Waals surface area contributed by atoms with E-state index >= 15 is 0 Å². The molecule has 6 nitrogen and oxygen atoms in total. The van der Waals surface area contributed by atoms with Crippen molar-refractivity contribution in [3.8, 4) is 5.75 Å². The zero-order chi connectivity index (χ0) is 16.9. The van der Waals surface area contributed by atoms with Gasteiger partial charge in [0.2, 0.25) is 0 Å². The monoisotopic (exact) mass is 309 g/mol. The van der Waals surface area contributed by atoms with Crippen molar-refractivity contribution in [1.82, 2.24) is 5.32 Å². The molecule has 0 aliphatic heterocycles. The van der Waals surface area contributed by atoms with Gasteiger partial charge in [-0.3, -0.25) is 0 Å². The maximum absolute atomic E-state index is 11.4. The van der Waals surface area contributed by atoms with E-state index in [9.17, 15) is 9.59 Å². The number of aryl methyl sites for hydroxylation is 2. The molecule has 0 bridgehead atoms. The van der Waals surface area contributed by atoms with Crippen LogP contribution in [0.25, 0.3) is 0 Å². The Morgan fingerprint density at radius 3 is 2.18 bits per heavy atom. The van der Waals surface area contributed by atoms with Crippen molar-refractivity contribution in [2.24, 2.45) is 0 Å². The Kier molecular flexibility index (Phi) is 5.79. The number of amides is 1. The average molecular weight is 309 g/mol. The van der Waals surface area contributed by atoms with Gasteiger partial charge in [0.15, 0.2) is 0 Å². The van der Waals surface area contributed by atoms with E-state index in [0.29, 0.717) is 29.0 Å². The fraction of sp³-hybridized carbons (Fsp3) is 0.500. The standard InChI is InChI=1S/C16H23NO5/c1-10-8-12(9-11(2)13(10)14(18)19)21-7-6-17-15(20)22-16(3,4)5/h8-9H,6-7H2,1-5H3,(H,17,20)(H,18,19). The molecule has 0 atom stereocenters. The predicted molar refractivity (Wildman–Crippen MR) is 82.6 cm³/mol. The van der Waals surface area contributed by atoms with Crippen LogP contribution < -0.4 is 10.1 Å². The maximum Gasteiger partial charge on any atom is 0.407 e. The molecule has 0 unspecified atom stereocenters. The van der Waals surface area contributed by atoms with Gasteiger partial charge in [0.05, 0.1) is 12.1 Å². The van der Waals surface area contributed by atoms with Crippen LogP contribution in [0.5, 0.6) is 5.75 Å². The van der Waals surface area contributed by atoms with Crippen LogP contribution in [0.2, 0.25) is 0 Å². The van der Waals surface area contributed by atoms with Gasteiger partial charge in [-0.2, -0.15) is 0 Å². The van der Waals surface area contributed by atoms with Gasteiger partial charge in [0.1, 0.15) is 18.0 Å². The number of aromatic carboxylic acids is 1. The van der Waals surface area contributed by atoms with Crippen LogP contribution in [0, 0.1) is 13.8 Å². The molecule has 1 rings (SSSR count). The van der Waals surface area contributed by atoms with Gasteiger partial charge in [-0.25, -0.2) is 9.59 Å². The Balaban J connectivity index is 2.50. The molecular formula is C16H23NO5. The lowest BCUT2D eigenvalue weighted by molar-refractivity contribution is 0.0519. The second kappa shape index (κ2) is 7.15. The Morgan fingerprint density at radius 1 is 1.18 bits per heavy atom. The van der Waals surface area contributed by atoms with Gasteiger partial charge < -0.3 is 19.9 Å². The van der Waals surface area contributed by atoms with E-state index < -0.39 is 17.7 Å². The summed E-state index contributed by atoms with van der Waals surface area (Å²) in [7, 11) is 0. The number of hydrogen-bond acceptors (Lipinski definition) is 4. The van der Waals surface area contributed by atoms with Crippen LogP contribution in [0.3, 0.4) is 0 Å². The van der Waals surface area contributed by atoms with Crippen molar-refractivity contribution in [2.75, 3.05) is 13.2 Å². The molecule has 0 spiro atoms. The molecule has 0 heterocycles. The number of rotatable bonds is 5. The Hall–Kier alpha value is -2.24. The number of carboxylic acid groups (broad SMARTS) is 1. The molecule has 0 aliphatic rings. The summed E-state index contributed by atoms with van der Waals surface area (Å²) >= 11 is 0. The number of benzene rings is 1. The third-order valence-electron chi connectivity index (χ3n) is 2.76. The lowest BCUT2D eigenvalue weighted by Crippen LogP contribution is -2.34. The minimum atomic E-state index is -0.951. The van der Waals surface area contributed by atoms with Crippen molar-refractivity contribution < 1.29 is 24.2 Å². The average Bonchev–Trinajstić information content (AvgIpc) is 2.31. The highest BCUT2D eigenvalue weighted by atomic mass is 16.6. The van der Waals surface area contributed by atoms with E-state index in [4.69, 9.17) is 14.6 Å². The minimum Gasteiger partial charge on any atom is -0.492 e. The van der Waals surface area contributed by atoms with Gasteiger partial charge in [0.25, 0.3) is 0 Å². The summed E-state index contributed by atoms with van der Waals surface area (Å²) < 4.78 is 10.6. The molecule has 0 fully saturated rings. The first-order valence-corrected chi connectivity index (χ1v) is 7.04. The van der Waals surface area contributed by atoms with E-state index in [2.05, 4.69) is 5.32 Å². The number of hydrogen-bond donors (Lipinski definition) is 2. The fourth-order valence-corrected chi connectivity index (χ4v) is 1.98. The van der Waals surface area contributed by atoms with Crippen LogP contribution in [0.1, 0.15) is 42.3 Å². The van der Waals surface area contributed by atoms with Gasteiger partial charge in [0, 0.05) is 0 Å². The predicted octanol–water partition coefficient (Wildman–Crippen LogP) is 2.91. The highest BCUT2D eigenvalue weighted by Gasteiger charge is 2.15. The lowest BCUT2D eigenvalue weighted by atomic mass is 10.0. The third-order valence-corrected chi connectivity index (χ3v) is 2.76. The van der Waals surface area contributed by atoms with Gasteiger partial charge in [-0.1, -0.05) is 0 Å². The van der Waals surface area contributed by atoms with E-state index in [1.54, 1.807) is 46.8 Å². The van der Waals surface area contributed by atoms with Gasteiger partial charge in [-0.05, 0) is 57.9 Å². The minimum absolute atomic E-state index is 0.268. The highest BCUT2D eigenvalue weighted by molar-refractivity contribution is 5.91. The summed E-state index contributed by atoms with van der Waals surface area (Å²) in [6, 6.07) is 3.34. The molecule has 0 aliphatic carbocycles. The summed E-state index contributed by atoms with van der Waals surface area (Å²) in [6.45, 7) is 9.39. The summed E-state index contributed by atoms with van der Waals surface area (Å²) in [5.41, 5.74) is 1.04. The van der Waals surface area contributed by atoms with Crippen LogP contribution in [0.15, 0.2) is 12.1 Å². The molecule has 0 radical (unpaired) electrons. The van der Waals surface area contributed by atoms with Crippen molar-refractivity contribution in [3.05, 3.63) is 28.8 Å². The first-order chi connectivity index (χ1) is 10.1. The summed E-state index contributed by atoms with van der Waals surface area (Å²) in [4.78, 5) is 22.5. The number of nitrogens with one attached hydrogen (secondary N) is 1. The van der Waals surface area contributed by atoms with Gasteiger partial charge >= 0.3 is 12.1 Å². The molecule has 1 aromatic rings. The molecule has 0 saturated heterocycles. The zero-order valence-electron chi connectivity index (χ0n) is 13.6. The topological polar surface area (TPSA) is 84.9 Å². The normalized spacial score (nSPS) is 11.0. The van der Waals surface area contributed by atoms with Crippen LogP contribution in [-0.2, 0) is 4.74 Å². The SMILES string of the molecule is Cc1cc(OCCNC(=O)OC(C)(C)C)cc(C)c1C(=O)O. The molecule has 122 valence electrons. The Morgan fingerprint density at radius 2 is 1.73 bits per heavy atom. The van der Waals surface area contributed by atoms with Crippen molar-refractivity contribution in [3.63, 3.8) is 0 Å². The van der Waals surface area contributed by atoms with Crippen molar-refractivity contribution >= 4 is 12.1 Å². The number of carbonyl (C=O) groups excluding carboxylic acids is 1. The van der Waals surface area contributed by atoms with Crippen LogP contribution in [-0.4, -0.2) is 35.9 Å². The highest BCUT2D eigenvalue weighted by Crippen LogP contribution is 2.21. The van der Waals surface area contributed by atoms with Crippen molar-refractivity contribution in [1.29, 1.82) is 0 Å². The molecule has 22 heavy (non-hydrogen) atoms. The first kappa shape index (κ1) is 17.8. The second-order valence-electron chi connectivity index (χ2n) is 6.01. The van der Waals surface area contributed by atoms with E-state index in [0.717, 1.165) is 0 Å². The first-order valence-electron chi connectivity index (χ1n) is 7.04. The maximum atomic E-state index is 11.4. The van der Waals surface area contributed by atoms with Crippen LogP contribution in [0.4, 0.5) is 4.79 Å². The third kappa shape index (κ3) is 5.63. The summed E-state index contributed by atoms with van der Waals surface area (Å²) in [5.74, 6) is -0.376. The number of alkyl carbamates (subject to hydrolysis) is 1. The fourth-order valence-electron chi connectivity index (χ4n) is 1.98. The lowest BCUT2D eigenvalue weighted by Gasteiger charge is -2.19. The Labute approximate surface area is 130 Å². The molecule has 6 heteroatoms. The Bertz CT molecular complexity index is 537. The van der Waals surface area contributed by atoms with E-state index in [1.165, 1.54) is 0 Å².